The third-order valence-electron chi connectivity index (χ3n) is 25.4. The van der Waals surface area contributed by atoms with Crippen LogP contribution in [0.5, 0.6) is 0 Å². The topological polar surface area (TPSA) is 9.72 Å². The Morgan fingerprint density at radius 3 is 1.24 bits per heavy atom. The lowest BCUT2D eigenvalue weighted by Crippen LogP contribution is -2.62. The van der Waals surface area contributed by atoms with E-state index in [0.29, 0.717) is 5.92 Å². The van der Waals surface area contributed by atoms with E-state index in [1.165, 1.54) is 147 Å². The summed E-state index contributed by atoms with van der Waals surface area (Å²) in [6.45, 7) is 56.9. The van der Waals surface area contributed by atoms with Crippen molar-refractivity contribution in [3.63, 3.8) is 0 Å². The SMILES string of the molecule is Cc1cc(C(C)(C)C)ccc1N1c2cc3c(cc2B2c4cc5c(cc4N(C4=CCC(C(C)(C)C)C=C4c4ccccc4)c4cc(N(c6ccc7c(c6)C(C)(C)CCC7(C)C)c6ccc7c(c6)C(C)(C)CCC7(C)C)cc1c42)C(C)(C)CCC5(C)C)C(C)(C)CCC3(C)C. The van der Waals surface area contributed by atoms with Crippen molar-refractivity contribution in [1.29, 1.82) is 0 Å². The average Bonchev–Trinajstić information content (AvgIpc) is 0.682. The second-order valence-electron chi connectivity index (χ2n) is 37.8. The highest BCUT2D eigenvalue weighted by Gasteiger charge is 2.51. The zero-order chi connectivity index (χ0) is 66.7. The van der Waals surface area contributed by atoms with Gasteiger partial charge in [-0.3, -0.25) is 0 Å². The molecule has 0 bridgehead atoms. The van der Waals surface area contributed by atoms with Gasteiger partial charge >= 0.3 is 0 Å². The van der Waals surface area contributed by atoms with E-state index in [0.717, 1.165) is 44.9 Å². The molecule has 4 heteroatoms. The van der Waals surface area contributed by atoms with Crippen LogP contribution < -0.4 is 31.1 Å². The number of rotatable bonds is 6. The third kappa shape index (κ3) is 10.2. The Morgan fingerprint density at radius 1 is 0.398 bits per heavy atom. The van der Waals surface area contributed by atoms with Gasteiger partial charge in [-0.1, -0.05) is 231 Å². The molecule has 2 heterocycles. The minimum Gasteiger partial charge on any atom is -0.311 e. The maximum atomic E-state index is 2.84. The standard InChI is InChI=1S/C89H110BN3/c1-55-45-57(80(2,3)4)29-35-73(55)92-75-53-69-67(86(16,17)41-43-88(69,20)21)51-71(75)90-72-52-68-70(89(22,23)44-42-87(68,18)19)54-76(72)93(74-36-30-58(81(5,6)7)46-62(74)56-27-25-24-26-28-56)78-50-61(49-77(92)79(78)90)91(59-31-33-63-65(47-59)84(12,13)39-37-82(63,8)9)60-32-34-64-66(48-60)85(14,15)40-38-83(64,10)11/h24-29,31-36,45-54,58H,30,37-44H2,1-23H3. The van der Waals surface area contributed by atoms with E-state index in [4.69, 9.17) is 0 Å². The summed E-state index contributed by atoms with van der Waals surface area (Å²) in [5, 5.41) is 0. The van der Waals surface area contributed by atoms with Gasteiger partial charge < -0.3 is 14.7 Å². The minimum atomic E-state index is -0.0596. The molecule has 0 spiro atoms. The lowest BCUT2D eigenvalue weighted by Gasteiger charge is -2.50. The molecule has 0 N–H and O–H groups in total. The molecule has 1 atom stereocenters. The number of fused-ring (bicyclic) bond motifs is 8. The highest BCUT2D eigenvalue weighted by molar-refractivity contribution is 7.00. The number of hydrogen-bond donors (Lipinski definition) is 0. The quantitative estimate of drug-likeness (QED) is 0.154. The van der Waals surface area contributed by atoms with Crippen molar-refractivity contribution in [1.82, 2.24) is 0 Å². The van der Waals surface area contributed by atoms with Gasteiger partial charge in [-0.25, -0.2) is 0 Å². The van der Waals surface area contributed by atoms with Gasteiger partial charge in [0.25, 0.3) is 6.71 Å². The predicted octanol–water partition coefficient (Wildman–Crippen LogP) is 22.9. The van der Waals surface area contributed by atoms with Crippen molar-refractivity contribution >= 4 is 74.2 Å². The maximum Gasteiger partial charge on any atom is 0.252 e. The number of anilines is 8. The van der Waals surface area contributed by atoms with E-state index in [1.807, 2.05) is 0 Å². The molecule has 14 rings (SSSR count). The largest absolute Gasteiger partial charge is 0.311 e. The van der Waals surface area contributed by atoms with Gasteiger partial charge in [0.2, 0.25) is 0 Å². The van der Waals surface area contributed by atoms with Crippen molar-refractivity contribution in [2.75, 3.05) is 14.7 Å². The Labute approximate surface area is 563 Å². The van der Waals surface area contributed by atoms with E-state index >= 15 is 0 Å². The average molecular weight is 1230 g/mol. The molecule has 7 aromatic carbocycles. The first-order chi connectivity index (χ1) is 43.2. The molecule has 2 aliphatic heterocycles. The monoisotopic (exact) mass is 1230 g/mol. The molecule has 0 radical (unpaired) electrons. The van der Waals surface area contributed by atoms with Gasteiger partial charge in [0.15, 0.2) is 0 Å². The molecular weight excluding hydrogens is 1120 g/mol. The summed E-state index contributed by atoms with van der Waals surface area (Å²) in [4.78, 5) is 8.34. The number of nitrogens with zero attached hydrogens (tertiary/aromatic N) is 3. The van der Waals surface area contributed by atoms with Crippen LogP contribution in [-0.4, -0.2) is 6.71 Å². The Morgan fingerprint density at radius 2 is 0.806 bits per heavy atom. The van der Waals surface area contributed by atoms with Gasteiger partial charge in [-0.15, -0.1) is 0 Å². The van der Waals surface area contributed by atoms with Crippen LogP contribution in [-0.2, 0) is 48.7 Å². The number of aryl methyl sites for hydroxylation is 1. The van der Waals surface area contributed by atoms with Gasteiger partial charge in [-0.05, 0) is 257 Å². The van der Waals surface area contributed by atoms with Gasteiger partial charge in [0, 0.05) is 51.1 Å². The lowest BCUT2D eigenvalue weighted by atomic mass is 9.32. The molecule has 0 saturated carbocycles. The smallest absolute Gasteiger partial charge is 0.252 e. The number of benzene rings is 7. The fraction of sp³-hybridized carbons (Fsp3) is 0.483. The van der Waals surface area contributed by atoms with Crippen LogP contribution in [0.25, 0.3) is 5.57 Å². The zero-order valence-electron chi connectivity index (χ0n) is 61.6. The second kappa shape index (κ2) is 20.7. The Hall–Kier alpha value is -6.52. The summed E-state index contributed by atoms with van der Waals surface area (Å²) in [5.74, 6) is 0.351. The first-order valence-electron chi connectivity index (χ1n) is 36.1. The molecule has 3 nitrogen and oxygen atoms in total. The van der Waals surface area contributed by atoms with E-state index in [9.17, 15) is 0 Å². The molecule has 0 aromatic heterocycles. The van der Waals surface area contributed by atoms with Crippen molar-refractivity contribution in [2.24, 2.45) is 11.3 Å². The fourth-order valence-electron chi connectivity index (χ4n) is 18.4. The molecule has 1 unspecified atom stereocenters. The van der Waals surface area contributed by atoms with E-state index < -0.39 is 0 Å². The van der Waals surface area contributed by atoms with Crippen LogP contribution in [0.4, 0.5) is 45.5 Å². The molecule has 93 heavy (non-hydrogen) atoms. The number of hydrogen-bond acceptors (Lipinski definition) is 3. The van der Waals surface area contributed by atoms with E-state index in [2.05, 4.69) is 307 Å². The highest BCUT2D eigenvalue weighted by atomic mass is 15.2. The van der Waals surface area contributed by atoms with Gasteiger partial charge in [0.1, 0.15) is 0 Å². The summed E-state index contributed by atoms with van der Waals surface area (Å²) in [6, 6.07) is 50.6. The Balaban J connectivity index is 1.17. The predicted molar refractivity (Wildman–Crippen MR) is 404 cm³/mol. The third-order valence-corrected chi connectivity index (χ3v) is 25.4. The summed E-state index contributed by atoms with van der Waals surface area (Å²) < 4.78 is 0. The normalized spacial score (nSPS) is 22.0. The van der Waals surface area contributed by atoms with Crippen LogP contribution in [0, 0.1) is 18.3 Å². The molecule has 0 fully saturated rings. The lowest BCUT2D eigenvalue weighted by molar-refractivity contribution is 0.294. The Kier molecular flexibility index (Phi) is 14.2. The highest BCUT2D eigenvalue weighted by Crippen LogP contribution is 2.58. The summed E-state index contributed by atoms with van der Waals surface area (Å²) in [5.41, 5.74) is 32.9. The summed E-state index contributed by atoms with van der Waals surface area (Å²) in [6.07, 6.45) is 15.5. The maximum absolute atomic E-state index is 2.84. The molecule has 484 valence electrons. The first-order valence-corrected chi connectivity index (χ1v) is 36.1. The van der Waals surface area contributed by atoms with Gasteiger partial charge in [-0.2, -0.15) is 0 Å². The molecule has 5 aliphatic carbocycles. The molecule has 7 aliphatic rings. The summed E-state index contributed by atoms with van der Waals surface area (Å²) in [7, 11) is 0. The minimum absolute atomic E-state index is 0.00272. The van der Waals surface area contributed by atoms with Gasteiger partial charge in [0.05, 0.1) is 5.69 Å². The van der Waals surface area contributed by atoms with E-state index in [-0.39, 0.29) is 60.9 Å². The second-order valence-corrected chi connectivity index (χ2v) is 37.8. The molecule has 7 aromatic rings. The molecular formula is C89H110BN3. The van der Waals surface area contributed by atoms with E-state index in [1.54, 1.807) is 0 Å². The fourth-order valence-corrected chi connectivity index (χ4v) is 18.4. The Bertz CT molecular complexity index is 4220. The van der Waals surface area contributed by atoms with Crippen LogP contribution >= 0.6 is 0 Å². The zero-order valence-corrected chi connectivity index (χ0v) is 61.6. The van der Waals surface area contributed by atoms with Crippen LogP contribution in [0.2, 0.25) is 0 Å². The summed E-state index contributed by atoms with van der Waals surface area (Å²) >= 11 is 0. The van der Waals surface area contributed by atoms with Crippen molar-refractivity contribution < 1.29 is 0 Å². The molecule has 0 saturated heterocycles. The molecule has 0 amide bonds. The first kappa shape index (κ1) is 63.9. The van der Waals surface area contributed by atoms with Crippen molar-refractivity contribution in [3.05, 3.63) is 200 Å². The van der Waals surface area contributed by atoms with Crippen molar-refractivity contribution in [3.8, 4) is 0 Å². The number of allylic oxidation sites excluding steroid dienone is 3. The van der Waals surface area contributed by atoms with Crippen molar-refractivity contribution in [2.45, 2.75) is 266 Å². The van der Waals surface area contributed by atoms with Crippen LogP contribution in [0.1, 0.15) is 271 Å². The van der Waals surface area contributed by atoms with Crippen LogP contribution in [0.15, 0.2) is 139 Å². The van der Waals surface area contributed by atoms with Crippen LogP contribution in [0.3, 0.4) is 0 Å².